The van der Waals surface area contributed by atoms with E-state index in [0.717, 1.165) is 0 Å². The van der Waals surface area contributed by atoms with Crippen molar-refractivity contribution >= 4 is 5.57 Å². The van der Waals surface area contributed by atoms with Crippen LogP contribution in [0.4, 0.5) is 0 Å². The van der Waals surface area contributed by atoms with E-state index in [2.05, 4.69) is 6.58 Å². The van der Waals surface area contributed by atoms with Gasteiger partial charge in [-0.2, -0.15) is 0 Å². The van der Waals surface area contributed by atoms with Crippen LogP contribution in [-0.2, 0) is 0 Å². The number of phenolic OH excluding ortho intramolecular Hbond substituents is 4. The van der Waals surface area contributed by atoms with Crippen LogP contribution in [0.3, 0.4) is 0 Å². The Morgan fingerprint density at radius 1 is 0.889 bits per heavy atom. The normalized spacial score (nSPS) is 10.2. The highest BCUT2D eigenvalue weighted by Gasteiger charge is 2.12. The number of para-hydroxylation sites is 1. The summed E-state index contributed by atoms with van der Waals surface area (Å²) in [6.07, 6.45) is 0. The maximum Gasteiger partial charge on any atom is 0.165 e. The van der Waals surface area contributed by atoms with E-state index < -0.39 is 0 Å². The molecule has 2 rings (SSSR count). The van der Waals surface area contributed by atoms with Crippen molar-refractivity contribution in [2.45, 2.75) is 0 Å². The first-order chi connectivity index (χ1) is 8.49. The third-order valence-electron chi connectivity index (χ3n) is 2.59. The fourth-order valence-corrected chi connectivity index (χ4v) is 1.70. The zero-order valence-corrected chi connectivity index (χ0v) is 9.46. The molecular weight excluding hydrogens is 232 g/mol. The molecule has 18 heavy (non-hydrogen) atoms. The van der Waals surface area contributed by atoms with E-state index in [4.69, 9.17) is 0 Å². The summed E-state index contributed by atoms with van der Waals surface area (Å²) in [7, 11) is 0. The first-order valence-electron chi connectivity index (χ1n) is 5.22. The van der Waals surface area contributed by atoms with Crippen molar-refractivity contribution in [2.75, 3.05) is 0 Å². The molecule has 0 aliphatic heterocycles. The van der Waals surface area contributed by atoms with E-state index >= 15 is 0 Å². The Morgan fingerprint density at radius 3 is 2.11 bits per heavy atom. The second-order valence-corrected chi connectivity index (χ2v) is 3.89. The molecule has 0 aromatic heterocycles. The largest absolute Gasteiger partial charge is 0.508 e. The molecule has 4 nitrogen and oxygen atoms in total. The Labute approximate surface area is 104 Å². The van der Waals surface area contributed by atoms with Gasteiger partial charge in [0.25, 0.3) is 0 Å². The Hall–Kier alpha value is -2.62. The molecule has 2 aromatic carbocycles. The van der Waals surface area contributed by atoms with Crippen molar-refractivity contribution in [1.82, 2.24) is 0 Å². The summed E-state index contributed by atoms with van der Waals surface area (Å²) in [5.41, 5.74) is 1.17. The van der Waals surface area contributed by atoms with Crippen LogP contribution < -0.4 is 0 Å². The summed E-state index contributed by atoms with van der Waals surface area (Å²) in [5, 5.41) is 37.9. The highest BCUT2D eigenvalue weighted by atomic mass is 16.3. The Balaban J connectivity index is 2.51. The quantitative estimate of drug-likeness (QED) is 0.612. The average molecular weight is 244 g/mol. The summed E-state index contributed by atoms with van der Waals surface area (Å²) in [5.74, 6) is -0.750. The van der Waals surface area contributed by atoms with Gasteiger partial charge in [-0.3, -0.25) is 0 Å². The molecule has 0 aliphatic carbocycles. The molecule has 4 N–H and O–H groups in total. The van der Waals surface area contributed by atoms with Gasteiger partial charge in [-0.05, 0) is 29.3 Å². The van der Waals surface area contributed by atoms with E-state index in [9.17, 15) is 20.4 Å². The minimum absolute atomic E-state index is 0.106. The summed E-state index contributed by atoms with van der Waals surface area (Å²) in [6.45, 7) is 3.79. The molecule has 0 amide bonds. The lowest BCUT2D eigenvalue weighted by atomic mass is 9.98. The van der Waals surface area contributed by atoms with Crippen molar-refractivity contribution in [3.8, 4) is 23.0 Å². The molecular formula is C14H12O4. The maximum atomic E-state index is 9.73. The van der Waals surface area contributed by atoms with Crippen LogP contribution in [0.2, 0.25) is 0 Å². The number of hydrogen-bond acceptors (Lipinski definition) is 4. The molecule has 92 valence electrons. The molecule has 0 heterocycles. The average Bonchev–Trinajstić information content (AvgIpc) is 2.30. The standard InChI is InChI=1S/C14H12O4/c1-8(9-5-10(15)7-11(16)6-9)12-3-2-4-13(17)14(12)18/h2-7,15-18H,1H2. The van der Waals surface area contributed by atoms with Gasteiger partial charge in [-0.15, -0.1) is 0 Å². The molecule has 0 saturated heterocycles. The first kappa shape index (κ1) is 11.9. The van der Waals surface area contributed by atoms with Crippen molar-refractivity contribution in [3.63, 3.8) is 0 Å². The van der Waals surface area contributed by atoms with E-state index in [1.165, 1.54) is 24.3 Å². The zero-order valence-electron chi connectivity index (χ0n) is 9.46. The molecule has 0 spiro atoms. The zero-order chi connectivity index (χ0) is 13.3. The van der Waals surface area contributed by atoms with Crippen molar-refractivity contribution in [2.24, 2.45) is 0 Å². The van der Waals surface area contributed by atoms with Gasteiger partial charge in [0.05, 0.1) is 0 Å². The van der Waals surface area contributed by atoms with Gasteiger partial charge >= 0.3 is 0 Å². The minimum atomic E-state index is -0.287. The summed E-state index contributed by atoms with van der Waals surface area (Å²) in [6, 6.07) is 8.51. The van der Waals surface area contributed by atoms with Gasteiger partial charge in [0.15, 0.2) is 11.5 Å². The van der Waals surface area contributed by atoms with Crippen LogP contribution >= 0.6 is 0 Å². The lowest BCUT2D eigenvalue weighted by Crippen LogP contribution is -1.87. The number of aromatic hydroxyl groups is 4. The van der Waals surface area contributed by atoms with Crippen molar-refractivity contribution in [1.29, 1.82) is 0 Å². The molecule has 0 fully saturated rings. The first-order valence-corrected chi connectivity index (χ1v) is 5.22. The predicted octanol–water partition coefficient (Wildman–Crippen LogP) is 2.57. The molecule has 0 radical (unpaired) electrons. The second-order valence-electron chi connectivity index (χ2n) is 3.89. The minimum Gasteiger partial charge on any atom is -0.508 e. The SMILES string of the molecule is C=C(c1cc(O)cc(O)c1)c1cccc(O)c1O. The van der Waals surface area contributed by atoms with Gasteiger partial charge in [-0.25, -0.2) is 0 Å². The Kier molecular flexibility index (Phi) is 2.85. The molecule has 0 bridgehead atoms. The van der Waals surface area contributed by atoms with Crippen LogP contribution in [0.5, 0.6) is 23.0 Å². The van der Waals surface area contributed by atoms with Crippen LogP contribution in [0.25, 0.3) is 5.57 Å². The van der Waals surface area contributed by atoms with Crippen LogP contribution in [-0.4, -0.2) is 20.4 Å². The van der Waals surface area contributed by atoms with E-state index in [1.807, 2.05) is 0 Å². The number of hydrogen-bond donors (Lipinski definition) is 4. The van der Waals surface area contributed by atoms with E-state index in [0.29, 0.717) is 16.7 Å². The molecule has 4 heteroatoms. The number of phenols is 4. The third-order valence-corrected chi connectivity index (χ3v) is 2.59. The van der Waals surface area contributed by atoms with Crippen LogP contribution in [0.1, 0.15) is 11.1 Å². The Bertz CT molecular complexity index is 597. The highest BCUT2D eigenvalue weighted by molar-refractivity contribution is 5.83. The summed E-state index contributed by atoms with van der Waals surface area (Å²) in [4.78, 5) is 0. The number of rotatable bonds is 2. The van der Waals surface area contributed by atoms with Gasteiger partial charge in [0.1, 0.15) is 11.5 Å². The van der Waals surface area contributed by atoms with Gasteiger partial charge in [0.2, 0.25) is 0 Å². The predicted molar refractivity (Wildman–Crippen MR) is 67.7 cm³/mol. The van der Waals surface area contributed by atoms with Gasteiger partial charge < -0.3 is 20.4 Å². The summed E-state index contributed by atoms with van der Waals surface area (Å²) >= 11 is 0. The smallest absolute Gasteiger partial charge is 0.165 e. The summed E-state index contributed by atoms with van der Waals surface area (Å²) < 4.78 is 0. The van der Waals surface area contributed by atoms with E-state index in [-0.39, 0.29) is 23.0 Å². The topological polar surface area (TPSA) is 80.9 Å². The van der Waals surface area contributed by atoms with Gasteiger partial charge in [-0.1, -0.05) is 18.7 Å². The fourth-order valence-electron chi connectivity index (χ4n) is 1.70. The van der Waals surface area contributed by atoms with Gasteiger partial charge in [0, 0.05) is 11.6 Å². The molecule has 0 aliphatic rings. The van der Waals surface area contributed by atoms with Crippen molar-refractivity contribution < 1.29 is 20.4 Å². The molecule has 0 unspecified atom stereocenters. The van der Waals surface area contributed by atoms with Crippen molar-refractivity contribution in [3.05, 3.63) is 54.1 Å². The highest BCUT2D eigenvalue weighted by Crippen LogP contribution is 2.36. The monoisotopic (exact) mass is 244 g/mol. The Morgan fingerprint density at radius 2 is 1.50 bits per heavy atom. The fraction of sp³-hybridized carbons (Fsp3) is 0. The lowest BCUT2D eigenvalue weighted by Gasteiger charge is -2.10. The molecule has 0 saturated carbocycles. The number of benzene rings is 2. The molecule has 0 atom stereocenters. The van der Waals surface area contributed by atoms with E-state index in [1.54, 1.807) is 12.1 Å². The van der Waals surface area contributed by atoms with Crippen LogP contribution in [0, 0.1) is 0 Å². The molecule has 2 aromatic rings. The lowest BCUT2D eigenvalue weighted by molar-refractivity contribution is 0.402. The third kappa shape index (κ3) is 2.08. The second kappa shape index (κ2) is 4.33. The van der Waals surface area contributed by atoms with Crippen LogP contribution in [0.15, 0.2) is 43.0 Å². The maximum absolute atomic E-state index is 9.73.